The molecule has 1 aliphatic heterocycles. The first-order valence-corrected chi connectivity index (χ1v) is 6.98. The number of anilines is 1. The molecule has 1 fully saturated rings. The van der Waals surface area contributed by atoms with Gasteiger partial charge in [-0.15, -0.1) is 0 Å². The fourth-order valence-electron chi connectivity index (χ4n) is 2.69. The second-order valence-corrected chi connectivity index (χ2v) is 5.27. The van der Waals surface area contributed by atoms with Crippen molar-refractivity contribution >= 4 is 17.3 Å². The van der Waals surface area contributed by atoms with Crippen molar-refractivity contribution in [3.8, 4) is 0 Å². The molecule has 1 aliphatic rings. The molecule has 7 heteroatoms. The molecule has 0 bridgehead atoms. The molecule has 0 aromatic heterocycles. The van der Waals surface area contributed by atoms with E-state index in [4.69, 9.17) is 5.73 Å². The van der Waals surface area contributed by atoms with Crippen molar-refractivity contribution in [3.05, 3.63) is 33.9 Å². The standard InChI is InChI=1S/C14H20N4O3/c1-16-14(19)10-5-7-17(8-6-10)9-11-3-2-4-12(13(11)15)18(20)21/h2-4,10H,5-9,15H2,1H3,(H,16,19). The van der Waals surface area contributed by atoms with E-state index in [0.717, 1.165) is 31.5 Å². The number of piperidine rings is 1. The first kappa shape index (κ1) is 15.2. The van der Waals surface area contributed by atoms with Crippen LogP contribution in [0.4, 0.5) is 11.4 Å². The SMILES string of the molecule is CNC(=O)C1CCN(Cc2cccc([N+](=O)[O-])c2N)CC1. The van der Waals surface area contributed by atoms with Gasteiger partial charge >= 0.3 is 0 Å². The zero-order valence-electron chi connectivity index (χ0n) is 12.0. The molecule has 2 rings (SSSR count). The summed E-state index contributed by atoms with van der Waals surface area (Å²) in [5.74, 6) is 0.151. The van der Waals surface area contributed by atoms with E-state index in [1.807, 2.05) is 6.07 Å². The number of nitro groups is 1. The van der Waals surface area contributed by atoms with Crippen LogP contribution in [0.3, 0.4) is 0 Å². The quantitative estimate of drug-likeness (QED) is 0.492. The Kier molecular flexibility index (Phi) is 4.74. The minimum absolute atomic E-state index is 0.0484. The summed E-state index contributed by atoms with van der Waals surface area (Å²) in [6.07, 6.45) is 1.60. The number of amides is 1. The van der Waals surface area contributed by atoms with Crippen LogP contribution >= 0.6 is 0 Å². The van der Waals surface area contributed by atoms with Gasteiger partial charge in [0.05, 0.1) is 4.92 Å². The molecule has 0 spiro atoms. The number of likely N-dealkylation sites (tertiary alicyclic amines) is 1. The number of nitro benzene ring substituents is 1. The number of nitrogens with two attached hydrogens (primary N) is 1. The Hall–Kier alpha value is -2.15. The first-order valence-electron chi connectivity index (χ1n) is 6.98. The highest BCUT2D eigenvalue weighted by molar-refractivity contribution is 5.78. The fourth-order valence-corrected chi connectivity index (χ4v) is 2.69. The van der Waals surface area contributed by atoms with E-state index in [0.29, 0.717) is 6.54 Å². The van der Waals surface area contributed by atoms with Crippen LogP contribution in [-0.4, -0.2) is 35.9 Å². The molecule has 0 atom stereocenters. The molecule has 1 aromatic rings. The Morgan fingerprint density at radius 2 is 2.14 bits per heavy atom. The first-order chi connectivity index (χ1) is 10.0. The summed E-state index contributed by atoms with van der Waals surface area (Å²) >= 11 is 0. The van der Waals surface area contributed by atoms with Gasteiger partial charge in [0, 0.05) is 25.6 Å². The molecule has 0 unspecified atom stereocenters. The van der Waals surface area contributed by atoms with Crippen molar-refractivity contribution < 1.29 is 9.72 Å². The second-order valence-electron chi connectivity index (χ2n) is 5.27. The smallest absolute Gasteiger partial charge is 0.292 e. The highest BCUT2D eigenvalue weighted by Crippen LogP contribution is 2.27. The van der Waals surface area contributed by atoms with Crippen LogP contribution in [-0.2, 0) is 11.3 Å². The van der Waals surface area contributed by atoms with E-state index in [1.165, 1.54) is 6.07 Å². The lowest BCUT2D eigenvalue weighted by atomic mass is 9.95. The molecule has 0 aliphatic carbocycles. The molecule has 1 amide bonds. The van der Waals surface area contributed by atoms with E-state index >= 15 is 0 Å². The van der Waals surface area contributed by atoms with Crippen LogP contribution in [0.2, 0.25) is 0 Å². The van der Waals surface area contributed by atoms with Gasteiger partial charge in [-0.1, -0.05) is 12.1 Å². The molecule has 21 heavy (non-hydrogen) atoms. The van der Waals surface area contributed by atoms with Gasteiger partial charge in [-0.3, -0.25) is 19.8 Å². The number of rotatable bonds is 4. The lowest BCUT2D eigenvalue weighted by molar-refractivity contribution is -0.384. The fraction of sp³-hybridized carbons (Fsp3) is 0.500. The largest absolute Gasteiger partial charge is 0.393 e. The van der Waals surface area contributed by atoms with E-state index < -0.39 is 4.92 Å². The minimum Gasteiger partial charge on any atom is -0.393 e. The molecular formula is C14H20N4O3. The Labute approximate surface area is 123 Å². The Morgan fingerprint density at radius 3 is 2.71 bits per heavy atom. The number of carbonyl (C=O) groups is 1. The van der Waals surface area contributed by atoms with Crippen molar-refractivity contribution in [1.82, 2.24) is 10.2 Å². The third-order valence-electron chi connectivity index (χ3n) is 3.97. The maximum atomic E-state index is 11.6. The molecule has 0 radical (unpaired) electrons. The maximum Gasteiger partial charge on any atom is 0.292 e. The van der Waals surface area contributed by atoms with Crippen LogP contribution in [0.1, 0.15) is 18.4 Å². The van der Waals surface area contributed by atoms with E-state index in [1.54, 1.807) is 13.1 Å². The molecular weight excluding hydrogens is 272 g/mol. The van der Waals surface area contributed by atoms with E-state index in [2.05, 4.69) is 10.2 Å². The predicted molar refractivity (Wildman–Crippen MR) is 79.6 cm³/mol. The molecule has 7 nitrogen and oxygen atoms in total. The highest BCUT2D eigenvalue weighted by Gasteiger charge is 2.25. The van der Waals surface area contributed by atoms with E-state index in [-0.39, 0.29) is 23.2 Å². The number of benzene rings is 1. The normalized spacial score (nSPS) is 16.6. The number of hydrogen-bond donors (Lipinski definition) is 2. The number of carbonyl (C=O) groups excluding carboxylic acids is 1. The van der Waals surface area contributed by atoms with Crippen LogP contribution < -0.4 is 11.1 Å². The van der Waals surface area contributed by atoms with Gasteiger partial charge < -0.3 is 11.1 Å². The minimum atomic E-state index is -0.462. The summed E-state index contributed by atoms with van der Waals surface area (Å²) < 4.78 is 0. The van der Waals surface area contributed by atoms with Gasteiger partial charge in [0.25, 0.3) is 5.69 Å². The summed E-state index contributed by atoms with van der Waals surface area (Å²) in [7, 11) is 1.65. The van der Waals surface area contributed by atoms with Gasteiger partial charge in [-0.2, -0.15) is 0 Å². The summed E-state index contributed by atoms with van der Waals surface area (Å²) in [5, 5.41) is 13.6. The number of nitrogens with zero attached hydrogens (tertiary/aromatic N) is 2. The van der Waals surface area contributed by atoms with Crippen LogP contribution in [0.5, 0.6) is 0 Å². The summed E-state index contributed by atoms with van der Waals surface area (Å²) in [6.45, 7) is 2.16. The highest BCUT2D eigenvalue weighted by atomic mass is 16.6. The van der Waals surface area contributed by atoms with Crippen LogP contribution in [0.15, 0.2) is 18.2 Å². The maximum absolute atomic E-state index is 11.6. The Morgan fingerprint density at radius 1 is 1.48 bits per heavy atom. The number of nitrogens with one attached hydrogen (secondary N) is 1. The van der Waals surface area contributed by atoms with Gasteiger partial charge in [-0.05, 0) is 31.5 Å². The average Bonchev–Trinajstić information content (AvgIpc) is 2.49. The molecule has 1 heterocycles. The second kappa shape index (κ2) is 6.53. The van der Waals surface area contributed by atoms with Gasteiger partial charge in [-0.25, -0.2) is 0 Å². The van der Waals surface area contributed by atoms with Gasteiger partial charge in [0.15, 0.2) is 0 Å². The summed E-state index contributed by atoms with van der Waals surface area (Å²) in [5.41, 5.74) is 6.82. The van der Waals surface area contributed by atoms with Crippen LogP contribution in [0.25, 0.3) is 0 Å². The van der Waals surface area contributed by atoms with Gasteiger partial charge in [0.1, 0.15) is 5.69 Å². The molecule has 114 valence electrons. The predicted octanol–water partition coefficient (Wildman–Crippen LogP) is 1.13. The van der Waals surface area contributed by atoms with Crippen molar-refractivity contribution in [3.63, 3.8) is 0 Å². The van der Waals surface area contributed by atoms with Crippen molar-refractivity contribution in [2.75, 3.05) is 25.9 Å². The topological polar surface area (TPSA) is 102 Å². The zero-order valence-corrected chi connectivity index (χ0v) is 12.0. The Balaban J connectivity index is 1.99. The Bertz CT molecular complexity index is 539. The summed E-state index contributed by atoms with van der Waals surface area (Å²) in [6, 6.07) is 4.88. The number of hydrogen-bond acceptors (Lipinski definition) is 5. The number of nitrogen functional groups attached to an aromatic ring is 1. The monoisotopic (exact) mass is 292 g/mol. The lowest BCUT2D eigenvalue weighted by Gasteiger charge is -2.31. The zero-order chi connectivity index (χ0) is 15.4. The average molecular weight is 292 g/mol. The van der Waals surface area contributed by atoms with Crippen molar-refractivity contribution in [2.45, 2.75) is 19.4 Å². The molecule has 1 saturated heterocycles. The van der Waals surface area contributed by atoms with Crippen molar-refractivity contribution in [1.29, 1.82) is 0 Å². The lowest BCUT2D eigenvalue weighted by Crippen LogP contribution is -2.39. The van der Waals surface area contributed by atoms with Crippen molar-refractivity contribution in [2.24, 2.45) is 5.92 Å². The number of para-hydroxylation sites is 1. The van der Waals surface area contributed by atoms with Crippen LogP contribution in [0, 0.1) is 16.0 Å². The summed E-state index contributed by atoms with van der Waals surface area (Å²) in [4.78, 5) is 24.2. The molecule has 3 N–H and O–H groups in total. The van der Waals surface area contributed by atoms with E-state index in [9.17, 15) is 14.9 Å². The third kappa shape index (κ3) is 3.49. The molecule has 0 saturated carbocycles. The van der Waals surface area contributed by atoms with Gasteiger partial charge in [0.2, 0.25) is 5.91 Å². The molecule has 1 aromatic carbocycles. The third-order valence-corrected chi connectivity index (χ3v) is 3.97.